The molecule has 8 heteroatoms. The Morgan fingerprint density at radius 1 is 0.861 bits per heavy atom. The first kappa shape index (κ1) is 22.9. The van der Waals surface area contributed by atoms with Crippen molar-refractivity contribution < 1.29 is 9.59 Å². The van der Waals surface area contributed by atoms with E-state index in [2.05, 4.69) is 40.2 Å². The van der Waals surface area contributed by atoms with Gasteiger partial charge in [-0.3, -0.25) is 19.4 Å². The number of amides is 2. The zero-order valence-electron chi connectivity index (χ0n) is 20.4. The fraction of sp³-hybridized carbons (Fsp3) is 0.321. The summed E-state index contributed by atoms with van der Waals surface area (Å²) in [7, 11) is 0. The highest BCUT2D eigenvalue weighted by atomic mass is 32.1. The molecule has 0 radical (unpaired) electrons. The number of fused-ring (bicyclic) bond motifs is 3. The van der Waals surface area contributed by atoms with Gasteiger partial charge >= 0.3 is 0 Å². The molecule has 2 aromatic carbocycles. The fourth-order valence-corrected chi connectivity index (χ4v) is 6.14. The second kappa shape index (κ2) is 9.52. The number of nitrogens with zero attached hydrogens (tertiary/aromatic N) is 4. The maximum atomic E-state index is 12.6. The summed E-state index contributed by atoms with van der Waals surface area (Å²) in [6.45, 7) is 7.39. The largest absolute Gasteiger partial charge is 0.353 e. The van der Waals surface area contributed by atoms with Crippen LogP contribution in [0.25, 0.3) is 0 Å². The minimum atomic E-state index is -0.160. The van der Waals surface area contributed by atoms with Crippen molar-refractivity contribution in [3.05, 3.63) is 76.2 Å². The molecule has 0 spiro atoms. The number of carbonyl (C=O) groups excluding carboxylic acids is 2. The van der Waals surface area contributed by atoms with Gasteiger partial charge in [0.2, 0.25) is 0 Å². The number of unbranched alkanes of at least 4 members (excludes halogenated alkanes) is 1. The van der Waals surface area contributed by atoms with E-state index in [9.17, 15) is 9.59 Å². The van der Waals surface area contributed by atoms with Gasteiger partial charge in [0.15, 0.2) is 0 Å². The van der Waals surface area contributed by atoms with Crippen molar-refractivity contribution in [3.63, 3.8) is 0 Å². The van der Waals surface area contributed by atoms with Crippen molar-refractivity contribution in [1.29, 1.82) is 0 Å². The summed E-state index contributed by atoms with van der Waals surface area (Å²) in [5.41, 5.74) is 4.27. The lowest BCUT2D eigenvalue weighted by Gasteiger charge is -2.36. The molecule has 36 heavy (non-hydrogen) atoms. The van der Waals surface area contributed by atoms with Crippen LogP contribution in [-0.2, 0) is 0 Å². The number of rotatable bonds is 5. The lowest BCUT2D eigenvalue weighted by Crippen LogP contribution is -2.49. The van der Waals surface area contributed by atoms with Gasteiger partial charge in [0.1, 0.15) is 10.8 Å². The van der Waals surface area contributed by atoms with Crippen LogP contribution >= 0.6 is 11.3 Å². The lowest BCUT2D eigenvalue weighted by atomic mass is 10.1. The maximum absolute atomic E-state index is 12.6. The van der Waals surface area contributed by atoms with Crippen LogP contribution in [0.1, 0.15) is 44.0 Å². The summed E-state index contributed by atoms with van der Waals surface area (Å²) in [4.78, 5) is 37.8. The van der Waals surface area contributed by atoms with E-state index in [1.54, 1.807) is 23.5 Å². The minimum absolute atomic E-state index is 0.160. The number of anilines is 2. The van der Waals surface area contributed by atoms with Gasteiger partial charge in [-0.2, -0.15) is 0 Å². The topological polar surface area (TPSA) is 68.2 Å². The van der Waals surface area contributed by atoms with Crippen molar-refractivity contribution in [2.75, 3.05) is 44.6 Å². The molecule has 1 N–H and O–H groups in total. The molecule has 3 aromatic rings. The summed E-state index contributed by atoms with van der Waals surface area (Å²) >= 11 is 1.77. The van der Waals surface area contributed by atoms with Gasteiger partial charge < -0.3 is 10.2 Å². The third-order valence-electron chi connectivity index (χ3n) is 7.13. The lowest BCUT2D eigenvalue weighted by molar-refractivity contribution is 0.0649. The smallest absolute Gasteiger partial charge is 0.261 e. The number of piperazine rings is 1. The average Bonchev–Trinajstić information content (AvgIpc) is 3.32. The minimum Gasteiger partial charge on any atom is -0.353 e. The van der Waals surface area contributed by atoms with Crippen LogP contribution < -0.4 is 5.32 Å². The average molecular weight is 500 g/mol. The molecule has 4 heterocycles. The third kappa shape index (κ3) is 4.20. The summed E-state index contributed by atoms with van der Waals surface area (Å²) in [5, 5.41) is 4.75. The summed E-state index contributed by atoms with van der Waals surface area (Å²) < 4.78 is 0. The third-order valence-corrected chi connectivity index (χ3v) is 8.10. The molecule has 2 amide bonds. The maximum Gasteiger partial charge on any atom is 0.261 e. The highest BCUT2D eigenvalue weighted by Crippen LogP contribution is 2.39. The Morgan fingerprint density at radius 2 is 1.53 bits per heavy atom. The highest BCUT2D eigenvalue weighted by Gasteiger charge is 2.34. The molecular formula is C28H29N5O2S. The van der Waals surface area contributed by atoms with Crippen molar-refractivity contribution in [2.24, 2.45) is 4.99 Å². The molecule has 6 rings (SSSR count). The standard InChI is InChI=1S/C28H29N5O2S/c1-19-18-22-25(29-23-10-4-5-11-24(23)30-26(22)36-19)32-16-14-31(15-17-32)12-6-7-13-33-27(34)20-8-2-3-9-21(20)28(33)35/h2-5,8-11,18,30H,6-7,12-17H2,1H3. The molecule has 1 saturated heterocycles. The van der Waals surface area contributed by atoms with Gasteiger partial charge in [0.05, 0.1) is 28.1 Å². The predicted octanol–water partition coefficient (Wildman–Crippen LogP) is 4.89. The van der Waals surface area contributed by atoms with Gasteiger partial charge in [-0.05, 0) is 56.6 Å². The highest BCUT2D eigenvalue weighted by molar-refractivity contribution is 7.16. The summed E-state index contributed by atoms with van der Waals surface area (Å²) in [6, 6.07) is 17.6. The van der Waals surface area contributed by atoms with E-state index < -0.39 is 0 Å². The van der Waals surface area contributed by atoms with E-state index in [0.29, 0.717) is 17.7 Å². The molecule has 0 atom stereocenters. The van der Waals surface area contributed by atoms with Gasteiger partial charge in [-0.15, -0.1) is 11.3 Å². The molecule has 3 aliphatic rings. The SMILES string of the molecule is Cc1cc2c(s1)Nc1ccccc1N=C2N1CCN(CCCCN2C(=O)c3ccccc3C2=O)CC1. The van der Waals surface area contributed by atoms with E-state index in [-0.39, 0.29) is 11.8 Å². The number of imide groups is 1. The first-order chi connectivity index (χ1) is 17.6. The van der Waals surface area contributed by atoms with E-state index in [1.165, 1.54) is 15.3 Å². The van der Waals surface area contributed by atoms with Crippen molar-refractivity contribution in [1.82, 2.24) is 14.7 Å². The number of hydrogen-bond donors (Lipinski definition) is 1. The number of hydrogen-bond acceptors (Lipinski definition) is 7. The number of thiophene rings is 1. The van der Waals surface area contributed by atoms with E-state index in [0.717, 1.165) is 67.8 Å². The molecule has 7 nitrogen and oxygen atoms in total. The molecule has 1 aromatic heterocycles. The number of amidine groups is 1. The van der Waals surface area contributed by atoms with Crippen LogP contribution in [0, 0.1) is 6.92 Å². The van der Waals surface area contributed by atoms with Gasteiger partial charge in [-0.1, -0.05) is 24.3 Å². The first-order valence-corrected chi connectivity index (χ1v) is 13.4. The first-order valence-electron chi connectivity index (χ1n) is 12.6. The summed E-state index contributed by atoms with van der Waals surface area (Å²) in [6.07, 6.45) is 1.78. The van der Waals surface area contributed by atoms with E-state index >= 15 is 0 Å². The Bertz CT molecular complexity index is 1320. The van der Waals surface area contributed by atoms with Crippen LogP contribution in [0.2, 0.25) is 0 Å². The molecule has 0 bridgehead atoms. The Labute approximate surface area is 215 Å². The van der Waals surface area contributed by atoms with Crippen molar-refractivity contribution >= 4 is 45.4 Å². The molecule has 0 unspecified atom stereocenters. The number of nitrogens with one attached hydrogen (secondary N) is 1. The number of benzene rings is 2. The van der Waals surface area contributed by atoms with Gasteiger partial charge in [-0.25, -0.2) is 4.99 Å². The van der Waals surface area contributed by atoms with Gasteiger partial charge in [0, 0.05) is 37.6 Å². The molecule has 3 aliphatic heterocycles. The van der Waals surface area contributed by atoms with E-state index in [4.69, 9.17) is 4.99 Å². The second-order valence-corrected chi connectivity index (χ2v) is 10.8. The van der Waals surface area contributed by atoms with Crippen LogP contribution in [0.3, 0.4) is 0 Å². The number of aliphatic imine (C=N–C) groups is 1. The molecule has 0 aliphatic carbocycles. The number of para-hydroxylation sites is 2. The quantitative estimate of drug-likeness (QED) is 0.400. The molecule has 1 fully saturated rings. The van der Waals surface area contributed by atoms with Crippen molar-refractivity contribution in [2.45, 2.75) is 19.8 Å². The molecule has 0 saturated carbocycles. The Morgan fingerprint density at radius 3 is 2.28 bits per heavy atom. The van der Waals surface area contributed by atoms with Gasteiger partial charge in [0.25, 0.3) is 11.8 Å². The predicted molar refractivity (Wildman–Crippen MR) is 144 cm³/mol. The number of carbonyl (C=O) groups is 2. The zero-order valence-corrected chi connectivity index (χ0v) is 21.2. The fourth-order valence-electron chi connectivity index (χ4n) is 5.22. The van der Waals surface area contributed by atoms with E-state index in [1.807, 2.05) is 24.3 Å². The summed E-state index contributed by atoms with van der Waals surface area (Å²) in [5.74, 6) is 0.733. The molecule has 184 valence electrons. The second-order valence-electron chi connectivity index (χ2n) is 9.52. The Balaban J connectivity index is 1.04. The van der Waals surface area contributed by atoms with Crippen molar-refractivity contribution in [3.8, 4) is 0 Å². The normalized spacial score (nSPS) is 17.3. The Hall–Kier alpha value is -3.49. The van der Waals surface area contributed by atoms with Crippen LogP contribution in [-0.4, -0.2) is 71.6 Å². The van der Waals surface area contributed by atoms with Crippen LogP contribution in [0.4, 0.5) is 16.4 Å². The van der Waals surface area contributed by atoms with Crippen LogP contribution in [0.15, 0.2) is 59.6 Å². The monoisotopic (exact) mass is 499 g/mol. The zero-order chi connectivity index (χ0) is 24.6. The van der Waals surface area contributed by atoms with Crippen LogP contribution in [0.5, 0.6) is 0 Å². The Kier molecular flexibility index (Phi) is 6.07. The molecular weight excluding hydrogens is 470 g/mol. The number of aryl methyl sites for hydroxylation is 1.